The van der Waals surface area contributed by atoms with Gasteiger partial charge in [-0.05, 0) is 38.1 Å². The molecule has 0 saturated carbocycles. The van der Waals surface area contributed by atoms with Crippen LogP contribution in [0.25, 0.3) is 22.1 Å². The molecular weight excluding hydrogens is 276 g/mol. The standard InChI is InChI=1S/C18H18N2O2/c1-3-20(4-2)15-8-7-13-10-16(14-6-5-9-19-12-14)18(21)22-17(13)11-15/h5-12H,3-4H2,1-2H3. The van der Waals surface area contributed by atoms with Crippen LogP contribution in [0.4, 0.5) is 5.69 Å². The number of pyridine rings is 1. The Morgan fingerprint density at radius 1 is 1.14 bits per heavy atom. The van der Waals surface area contributed by atoms with Crippen molar-refractivity contribution in [3.63, 3.8) is 0 Å². The largest absolute Gasteiger partial charge is 0.422 e. The van der Waals surface area contributed by atoms with E-state index in [1.165, 1.54) is 0 Å². The van der Waals surface area contributed by atoms with E-state index in [-0.39, 0.29) is 5.63 Å². The monoisotopic (exact) mass is 294 g/mol. The lowest BCUT2D eigenvalue weighted by Gasteiger charge is -2.21. The maximum Gasteiger partial charge on any atom is 0.344 e. The van der Waals surface area contributed by atoms with E-state index >= 15 is 0 Å². The summed E-state index contributed by atoms with van der Waals surface area (Å²) in [5, 5.41) is 0.911. The average molecular weight is 294 g/mol. The third-order valence-corrected chi connectivity index (χ3v) is 3.82. The zero-order chi connectivity index (χ0) is 15.5. The van der Waals surface area contributed by atoms with Crippen LogP contribution < -0.4 is 10.5 Å². The third-order valence-electron chi connectivity index (χ3n) is 3.82. The minimum absolute atomic E-state index is 0.336. The molecular formula is C18H18N2O2. The van der Waals surface area contributed by atoms with Crippen molar-refractivity contribution in [1.82, 2.24) is 4.98 Å². The van der Waals surface area contributed by atoms with Gasteiger partial charge in [0.15, 0.2) is 0 Å². The van der Waals surface area contributed by atoms with E-state index < -0.39 is 0 Å². The van der Waals surface area contributed by atoms with Gasteiger partial charge in [-0.2, -0.15) is 0 Å². The number of aromatic nitrogens is 1. The first-order valence-corrected chi connectivity index (χ1v) is 7.46. The number of hydrogen-bond acceptors (Lipinski definition) is 4. The lowest BCUT2D eigenvalue weighted by molar-refractivity contribution is 0.563. The van der Waals surface area contributed by atoms with E-state index in [1.54, 1.807) is 12.4 Å². The number of nitrogens with zero attached hydrogens (tertiary/aromatic N) is 2. The molecule has 0 amide bonds. The van der Waals surface area contributed by atoms with Crippen LogP contribution in [0.2, 0.25) is 0 Å². The van der Waals surface area contributed by atoms with Crippen LogP contribution in [0.3, 0.4) is 0 Å². The third kappa shape index (κ3) is 2.60. The molecule has 0 N–H and O–H groups in total. The topological polar surface area (TPSA) is 46.3 Å². The molecule has 0 fully saturated rings. The zero-order valence-corrected chi connectivity index (χ0v) is 12.7. The normalized spacial score (nSPS) is 10.8. The molecule has 3 aromatic rings. The highest BCUT2D eigenvalue weighted by molar-refractivity contribution is 5.84. The Hall–Kier alpha value is -2.62. The van der Waals surface area contributed by atoms with Crippen molar-refractivity contribution in [2.24, 2.45) is 0 Å². The molecule has 4 heteroatoms. The molecule has 1 aromatic carbocycles. The first-order valence-electron chi connectivity index (χ1n) is 7.46. The Balaban J connectivity index is 2.12. The summed E-state index contributed by atoms with van der Waals surface area (Å²) < 4.78 is 5.52. The molecule has 0 aliphatic rings. The summed E-state index contributed by atoms with van der Waals surface area (Å²) in [6.07, 6.45) is 3.35. The minimum atomic E-state index is -0.336. The predicted octanol–water partition coefficient (Wildman–Crippen LogP) is 3.70. The molecule has 3 rings (SSSR count). The van der Waals surface area contributed by atoms with Crippen LogP contribution in [0.15, 0.2) is 58.0 Å². The fourth-order valence-electron chi connectivity index (χ4n) is 2.61. The highest BCUT2D eigenvalue weighted by Crippen LogP contribution is 2.24. The van der Waals surface area contributed by atoms with Crippen LogP contribution in [0, 0.1) is 0 Å². The fourth-order valence-corrected chi connectivity index (χ4v) is 2.61. The molecule has 112 valence electrons. The summed E-state index contributed by atoms with van der Waals surface area (Å²) in [6.45, 7) is 6.05. The van der Waals surface area contributed by atoms with E-state index in [0.29, 0.717) is 11.1 Å². The van der Waals surface area contributed by atoms with Gasteiger partial charge >= 0.3 is 5.63 Å². The second-order valence-corrected chi connectivity index (χ2v) is 5.08. The average Bonchev–Trinajstić information content (AvgIpc) is 2.56. The van der Waals surface area contributed by atoms with E-state index in [1.807, 2.05) is 30.3 Å². The van der Waals surface area contributed by atoms with Crippen molar-refractivity contribution in [3.8, 4) is 11.1 Å². The maximum atomic E-state index is 12.2. The molecule has 4 nitrogen and oxygen atoms in total. The number of anilines is 1. The van der Waals surface area contributed by atoms with Gasteiger partial charge in [0.2, 0.25) is 0 Å². The Morgan fingerprint density at radius 2 is 1.95 bits per heavy atom. The molecule has 0 aliphatic carbocycles. The van der Waals surface area contributed by atoms with Crippen molar-refractivity contribution in [3.05, 3.63) is 59.2 Å². The van der Waals surface area contributed by atoms with E-state index in [0.717, 1.165) is 29.7 Å². The molecule has 0 radical (unpaired) electrons. The molecule has 2 heterocycles. The van der Waals surface area contributed by atoms with Gasteiger partial charge in [-0.1, -0.05) is 6.07 Å². The molecule has 22 heavy (non-hydrogen) atoms. The summed E-state index contributed by atoms with van der Waals surface area (Å²) >= 11 is 0. The van der Waals surface area contributed by atoms with Crippen LogP contribution in [-0.4, -0.2) is 18.1 Å². The highest BCUT2D eigenvalue weighted by Gasteiger charge is 2.09. The number of rotatable bonds is 4. The SMILES string of the molecule is CCN(CC)c1ccc2cc(-c3cccnc3)c(=O)oc2c1. The maximum absolute atomic E-state index is 12.2. The number of fused-ring (bicyclic) bond motifs is 1. The van der Waals surface area contributed by atoms with Gasteiger partial charge in [0.1, 0.15) is 5.58 Å². The minimum Gasteiger partial charge on any atom is -0.422 e. The van der Waals surface area contributed by atoms with Crippen molar-refractivity contribution < 1.29 is 4.42 Å². The van der Waals surface area contributed by atoms with Crippen LogP contribution in [0.1, 0.15) is 13.8 Å². The lowest BCUT2D eigenvalue weighted by Crippen LogP contribution is -2.21. The Kier molecular flexibility index (Phi) is 3.92. The second kappa shape index (κ2) is 6.02. The second-order valence-electron chi connectivity index (χ2n) is 5.08. The summed E-state index contributed by atoms with van der Waals surface area (Å²) in [6, 6.07) is 11.5. The van der Waals surface area contributed by atoms with Crippen LogP contribution in [-0.2, 0) is 0 Å². The molecule has 0 spiro atoms. The van der Waals surface area contributed by atoms with Crippen molar-refractivity contribution in [2.75, 3.05) is 18.0 Å². The zero-order valence-electron chi connectivity index (χ0n) is 12.7. The van der Waals surface area contributed by atoms with Gasteiger partial charge in [0.05, 0.1) is 5.56 Å². The first kappa shape index (κ1) is 14.3. The van der Waals surface area contributed by atoms with Gasteiger partial charge in [-0.15, -0.1) is 0 Å². The summed E-state index contributed by atoms with van der Waals surface area (Å²) in [5.41, 5.74) is 2.65. The smallest absolute Gasteiger partial charge is 0.344 e. The van der Waals surface area contributed by atoms with Gasteiger partial charge in [-0.3, -0.25) is 4.98 Å². The van der Waals surface area contributed by atoms with Gasteiger partial charge in [-0.25, -0.2) is 4.79 Å². The summed E-state index contributed by atoms with van der Waals surface area (Å²) in [4.78, 5) is 18.5. The number of hydrogen-bond donors (Lipinski definition) is 0. The van der Waals surface area contributed by atoms with Crippen molar-refractivity contribution in [1.29, 1.82) is 0 Å². The van der Waals surface area contributed by atoms with E-state index in [9.17, 15) is 4.79 Å². The molecule has 0 bridgehead atoms. The molecule has 0 unspecified atom stereocenters. The molecule has 0 aliphatic heterocycles. The Bertz CT molecular complexity index is 837. The van der Waals surface area contributed by atoms with Crippen molar-refractivity contribution >= 4 is 16.7 Å². The van der Waals surface area contributed by atoms with E-state index in [2.05, 4.69) is 29.8 Å². The summed E-state index contributed by atoms with van der Waals surface area (Å²) in [5.74, 6) is 0. The van der Waals surface area contributed by atoms with Gasteiger partial charge in [0.25, 0.3) is 0 Å². The van der Waals surface area contributed by atoms with Crippen molar-refractivity contribution in [2.45, 2.75) is 13.8 Å². The van der Waals surface area contributed by atoms with E-state index in [4.69, 9.17) is 4.42 Å². The lowest BCUT2D eigenvalue weighted by atomic mass is 10.1. The first-order chi connectivity index (χ1) is 10.7. The predicted molar refractivity (Wildman–Crippen MR) is 89.3 cm³/mol. The summed E-state index contributed by atoms with van der Waals surface area (Å²) in [7, 11) is 0. The Labute approximate surface area is 129 Å². The molecule has 0 saturated heterocycles. The Morgan fingerprint density at radius 3 is 2.64 bits per heavy atom. The van der Waals surface area contributed by atoms with Crippen LogP contribution in [0.5, 0.6) is 0 Å². The number of benzene rings is 1. The highest BCUT2D eigenvalue weighted by atomic mass is 16.4. The molecule has 2 aromatic heterocycles. The van der Waals surface area contributed by atoms with Gasteiger partial charge < -0.3 is 9.32 Å². The fraction of sp³-hybridized carbons (Fsp3) is 0.222. The van der Waals surface area contributed by atoms with Crippen LogP contribution >= 0.6 is 0 Å². The van der Waals surface area contributed by atoms with Gasteiger partial charge in [0, 0.05) is 48.2 Å². The molecule has 0 atom stereocenters. The quantitative estimate of drug-likeness (QED) is 0.688.